The molecule has 1 aliphatic heterocycles. The summed E-state index contributed by atoms with van der Waals surface area (Å²) in [4.78, 5) is 0. The lowest BCUT2D eigenvalue weighted by Gasteiger charge is -2.15. The Morgan fingerprint density at radius 3 is 2.14 bits per heavy atom. The molecule has 2 nitrogen and oxygen atoms in total. The number of rotatable bonds is 0. The average Bonchev–Trinajstić information content (AvgIpc) is 1.69. The van der Waals surface area contributed by atoms with Crippen molar-refractivity contribution in [1.29, 1.82) is 0 Å². The van der Waals surface area contributed by atoms with E-state index < -0.39 is 0 Å². The van der Waals surface area contributed by atoms with Gasteiger partial charge in [-0.2, -0.15) is 0 Å². The molecule has 0 aromatic rings. The maximum absolute atomic E-state index is 5.57. The topological polar surface area (TPSA) is 18.5 Å². The van der Waals surface area contributed by atoms with Crippen LogP contribution in [0.4, 0.5) is 0 Å². The monoisotopic (exact) mass is 122 g/mol. The fraction of sp³-hybridized carbons (Fsp3) is 1.00. The molecule has 3 heteroatoms. The summed E-state index contributed by atoms with van der Waals surface area (Å²) >= 11 is 5.57. The van der Waals surface area contributed by atoms with E-state index in [1.165, 1.54) is 0 Å². The van der Waals surface area contributed by atoms with E-state index in [1.807, 2.05) is 0 Å². The molecule has 1 saturated heterocycles. The Hall–Kier alpha value is 0.210. The summed E-state index contributed by atoms with van der Waals surface area (Å²) in [7, 11) is 0. The van der Waals surface area contributed by atoms with Crippen molar-refractivity contribution in [3.8, 4) is 0 Å². The Morgan fingerprint density at radius 1 is 1.29 bits per heavy atom. The standard InChI is InChI=1S/C4H7ClO2/c5-4-1-6-3-7-2-4/h4H,1-3H2. The first-order valence-corrected chi connectivity index (χ1v) is 2.63. The molecule has 0 unspecified atom stereocenters. The van der Waals surface area contributed by atoms with Crippen LogP contribution in [0, 0.1) is 0 Å². The predicted octanol–water partition coefficient (Wildman–Crippen LogP) is 0.598. The van der Waals surface area contributed by atoms with Gasteiger partial charge >= 0.3 is 0 Å². The molecule has 7 heavy (non-hydrogen) atoms. The van der Waals surface area contributed by atoms with E-state index in [-0.39, 0.29) is 5.38 Å². The van der Waals surface area contributed by atoms with Gasteiger partial charge in [0.25, 0.3) is 0 Å². The molecule has 0 N–H and O–H groups in total. The molecule has 0 amide bonds. The van der Waals surface area contributed by atoms with Crippen LogP contribution in [0.5, 0.6) is 0 Å². The zero-order chi connectivity index (χ0) is 5.11. The Bertz CT molecular complexity index is 51.7. The summed E-state index contributed by atoms with van der Waals surface area (Å²) in [5, 5.41) is 0.0637. The Balaban J connectivity index is 2.12. The van der Waals surface area contributed by atoms with Crippen LogP contribution in [0.15, 0.2) is 0 Å². The molecule has 0 saturated carbocycles. The smallest absolute Gasteiger partial charge is 0.146 e. The summed E-state index contributed by atoms with van der Waals surface area (Å²) in [6.45, 7) is 1.66. The largest absolute Gasteiger partial charge is 0.354 e. The minimum absolute atomic E-state index is 0.0637. The van der Waals surface area contributed by atoms with Crippen LogP contribution in [-0.4, -0.2) is 25.4 Å². The molecule has 0 aromatic carbocycles. The Labute approximate surface area is 47.4 Å². The van der Waals surface area contributed by atoms with E-state index in [0.29, 0.717) is 20.0 Å². The van der Waals surface area contributed by atoms with Crippen molar-refractivity contribution in [3.63, 3.8) is 0 Å². The van der Waals surface area contributed by atoms with Gasteiger partial charge in [-0.05, 0) is 0 Å². The van der Waals surface area contributed by atoms with E-state index in [2.05, 4.69) is 0 Å². The molecular formula is C4H7ClO2. The highest BCUT2D eigenvalue weighted by molar-refractivity contribution is 6.20. The predicted molar refractivity (Wildman–Crippen MR) is 26.4 cm³/mol. The third kappa shape index (κ3) is 1.63. The first-order valence-electron chi connectivity index (χ1n) is 2.19. The van der Waals surface area contributed by atoms with Crippen molar-refractivity contribution in [1.82, 2.24) is 0 Å². The molecule has 0 aliphatic carbocycles. The summed E-state index contributed by atoms with van der Waals surface area (Å²) in [5.74, 6) is 0. The van der Waals surface area contributed by atoms with Crippen LogP contribution >= 0.6 is 11.6 Å². The Morgan fingerprint density at radius 2 is 1.86 bits per heavy atom. The van der Waals surface area contributed by atoms with Crippen LogP contribution in [0.2, 0.25) is 0 Å². The van der Waals surface area contributed by atoms with Gasteiger partial charge < -0.3 is 9.47 Å². The molecule has 1 fully saturated rings. The molecule has 1 rings (SSSR count). The molecular weight excluding hydrogens is 115 g/mol. The van der Waals surface area contributed by atoms with Gasteiger partial charge in [-0.15, -0.1) is 11.6 Å². The van der Waals surface area contributed by atoms with Gasteiger partial charge in [-0.25, -0.2) is 0 Å². The third-order valence-corrected chi connectivity index (χ3v) is 1.02. The molecule has 1 aliphatic rings. The lowest BCUT2D eigenvalue weighted by atomic mass is 10.5. The molecule has 42 valence electrons. The minimum Gasteiger partial charge on any atom is -0.354 e. The third-order valence-electron chi connectivity index (χ3n) is 0.764. The van der Waals surface area contributed by atoms with E-state index in [4.69, 9.17) is 21.1 Å². The van der Waals surface area contributed by atoms with E-state index in [0.717, 1.165) is 0 Å². The second kappa shape index (κ2) is 2.50. The van der Waals surface area contributed by atoms with Crippen molar-refractivity contribution < 1.29 is 9.47 Å². The second-order valence-corrected chi connectivity index (χ2v) is 2.07. The van der Waals surface area contributed by atoms with E-state index >= 15 is 0 Å². The van der Waals surface area contributed by atoms with Crippen molar-refractivity contribution in [3.05, 3.63) is 0 Å². The van der Waals surface area contributed by atoms with Crippen LogP contribution < -0.4 is 0 Å². The number of ether oxygens (including phenoxy) is 2. The van der Waals surface area contributed by atoms with Gasteiger partial charge in [-0.3, -0.25) is 0 Å². The van der Waals surface area contributed by atoms with Gasteiger partial charge in [0.15, 0.2) is 0 Å². The van der Waals surface area contributed by atoms with Gasteiger partial charge in [-0.1, -0.05) is 0 Å². The summed E-state index contributed by atoms with van der Waals surface area (Å²) in [6.07, 6.45) is 0. The van der Waals surface area contributed by atoms with Crippen molar-refractivity contribution >= 4 is 11.6 Å². The normalized spacial score (nSPS) is 25.3. The van der Waals surface area contributed by atoms with Crippen LogP contribution in [-0.2, 0) is 9.47 Å². The fourth-order valence-electron chi connectivity index (χ4n) is 0.459. The highest BCUT2D eigenvalue weighted by Crippen LogP contribution is 2.02. The number of alkyl halides is 1. The van der Waals surface area contributed by atoms with Gasteiger partial charge in [0.1, 0.15) is 6.79 Å². The quantitative estimate of drug-likeness (QED) is 0.438. The minimum atomic E-state index is 0.0637. The zero-order valence-corrected chi connectivity index (χ0v) is 4.65. The lowest BCUT2D eigenvalue weighted by molar-refractivity contribution is -0.0937. The first kappa shape index (κ1) is 5.35. The van der Waals surface area contributed by atoms with E-state index in [9.17, 15) is 0 Å². The molecule has 0 aromatic heterocycles. The highest BCUT2D eigenvalue weighted by Gasteiger charge is 2.08. The van der Waals surface area contributed by atoms with Gasteiger partial charge in [0, 0.05) is 0 Å². The zero-order valence-electron chi connectivity index (χ0n) is 3.89. The summed E-state index contributed by atoms with van der Waals surface area (Å²) in [5.41, 5.74) is 0. The van der Waals surface area contributed by atoms with Gasteiger partial charge in [0.05, 0.1) is 18.6 Å². The maximum atomic E-state index is 5.57. The van der Waals surface area contributed by atoms with Crippen LogP contribution in [0.25, 0.3) is 0 Å². The number of halogens is 1. The molecule has 0 atom stereocenters. The van der Waals surface area contributed by atoms with Crippen LogP contribution in [0.3, 0.4) is 0 Å². The average molecular weight is 123 g/mol. The highest BCUT2D eigenvalue weighted by atomic mass is 35.5. The molecule has 1 heterocycles. The summed E-state index contributed by atoms with van der Waals surface area (Å²) < 4.78 is 9.66. The fourth-order valence-corrected chi connectivity index (χ4v) is 0.637. The van der Waals surface area contributed by atoms with E-state index in [1.54, 1.807) is 0 Å². The lowest BCUT2D eigenvalue weighted by Crippen LogP contribution is -2.23. The van der Waals surface area contributed by atoms with Gasteiger partial charge in [0.2, 0.25) is 0 Å². The van der Waals surface area contributed by atoms with Crippen molar-refractivity contribution in [2.24, 2.45) is 0 Å². The molecule has 0 spiro atoms. The molecule has 0 bridgehead atoms. The number of hydrogen-bond acceptors (Lipinski definition) is 2. The SMILES string of the molecule is ClC1COCOC1. The number of hydrogen-bond donors (Lipinski definition) is 0. The first-order chi connectivity index (χ1) is 3.39. The molecule has 0 radical (unpaired) electrons. The van der Waals surface area contributed by atoms with Crippen molar-refractivity contribution in [2.45, 2.75) is 5.38 Å². The summed E-state index contributed by atoms with van der Waals surface area (Å²) in [6, 6.07) is 0. The Kier molecular flexibility index (Phi) is 1.91. The van der Waals surface area contributed by atoms with Crippen molar-refractivity contribution in [2.75, 3.05) is 20.0 Å². The van der Waals surface area contributed by atoms with Crippen LogP contribution in [0.1, 0.15) is 0 Å². The second-order valence-electron chi connectivity index (χ2n) is 1.46. The maximum Gasteiger partial charge on any atom is 0.146 e.